The molecule has 0 spiro atoms. The molecule has 1 aromatic heterocycles. The van der Waals surface area contributed by atoms with E-state index in [0.29, 0.717) is 28.8 Å². The molecule has 0 bridgehead atoms. The second-order valence-corrected chi connectivity index (χ2v) is 9.49. The number of nitrogens with zero attached hydrogens (tertiary/aromatic N) is 5. The Morgan fingerprint density at radius 2 is 2.27 bits per heavy atom. The number of tetrazole rings is 1. The van der Waals surface area contributed by atoms with Gasteiger partial charge < -0.3 is 4.90 Å². The van der Waals surface area contributed by atoms with Crippen LogP contribution in [0.4, 0.5) is 0 Å². The molecule has 8 nitrogen and oxygen atoms in total. The van der Waals surface area contributed by atoms with Crippen molar-refractivity contribution in [3.63, 3.8) is 0 Å². The fraction of sp³-hybridized carbons (Fsp3) is 0.467. The van der Waals surface area contributed by atoms with Gasteiger partial charge in [0.2, 0.25) is 11.1 Å². The standard InChI is InChI=1S/C15H18ClN5O3S2/c1-2-20(13-6-7-26(23,24)10-13)14(22)9-25-15-17-18-19-21(15)12-5-3-4-11(16)8-12/h3-5,8,13H,2,6-7,9-10H2,1H3/t13-/m1/s1. The lowest BCUT2D eigenvalue weighted by molar-refractivity contribution is -0.129. The van der Waals surface area contributed by atoms with Crippen LogP contribution in [0.2, 0.25) is 5.02 Å². The molecule has 26 heavy (non-hydrogen) atoms. The molecule has 1 fully saturated rings. The van der Waals surface area contributed by atoms with Crippen molar-refractivity contribution >= 4 is 39.1 Å². The van der Waals surface area contributed by atoms with Crippen molar-refractivity contribution in [1.82, 2.24) is 25.1 Å². The average molecular weight is 416 g/mol. The number of amides is 1. The Morgan fingerprint density at radius 3 is 2.92 bits per heavy atom. The monoisotopic (exact) mass is 415 g/mol. The summed E-state index contributed by atoms with van der Waals surface area (Å²) in [7, 11) is -3.04. The van der Waals surface area contributed by atoms with Crippen LogP contribution in [0.25, 0.3) is 5.69 Å². The first kappa shape index (κ1) is 19.1. The number of hydrogen-bond acceptors (Lipinski definition) is 7. The topological polar surface area (TPSA) is 98.1 Å². The van der Waals surface area contributed by atoms with Gasteiger partial charge in [-0.05, 0) is 42.0 Å². The SMILES string of the molecule is CCN(C(=O)CSc1nnnn1-c1cccc(Cl)c1)[C@@H]1CCS(=O)(=O)C1. The zero-order chi connectivity index (χ0) is 18.7. The predicted molar refractivity (Wildman–Crippen MR) is 99.3 cm³/mol. The Balaban J connectivity index is 1.67. The smallest absolute Gasteiger partial charge is 0.233 e. The number of halogens is 1. The first-order valence-electron chi connectivity index (χ1n) is 8.06. The maximum Gasteiger partial charge on any atom is 0.233 e. The molecular weight excluding hydrogens is 398 g/mol. The molecule has 3 rings (SSSR count). The Hall–Kier alpha value is -1.65. The zero-order valence-electron chi connectivity index (χ0n) is 14.1. The molecule has 0 unspecified atom stereocenters. The molecule has 2 aromatic rings. The fourth-order valence-corrected chi connectivity index (χ4v) is 5.60. The minimum atomic E-state index is -3.04. The first-order chi connectivity index (χ1) is 12.4. The van der Waals surface area contributed by atoms with Crippen LogP contribution in [0.3, 0.4) is 0 Å². The van der Waals surface area contributed by atoms with Gasteiger partial charge in [-0.15, -0.1) is 5.10 Å². The summed E-state index contributed by atoms with van der Waals surface area (Å²) in [5, 5.41) is 12.6. The molecule has 1 atom stereocenters. The number of sulfone groups is 1. The predicted octanol–water partition coefficient (Wildman–Crippen LogP) is 1.44. The van der Waals surface area contributed by atoms with Gasteiger partial charge in [-0.2, -0.15) is 4.68 Å². The number of aromatic nitrogens is 4. The summed E-state index contributed by atoms with van der Waals surface area (Å²) >= 11 is 7.21. The second kappa shape index (κ2) is 7.93. The van der Waals surface area contributed by atoms with Gasteiger partial charge in [0.15, 0.2) is 9.84 Å². The van der Waals surface area contributed by atoms with Crippen LogP contribution in [-0.4, -0.2) is 69.3 Å². The van der Waals surface area contributed by atoms with E-state index < -0.39 is 9.84 Å². The quantitative estimate of drug-likeness (QED) is 0.658. The van der Waals surface area contributed by atoms with Crippen molar-refractivity contribution in [2.24, 2.45) is 0 Å². The van der Waals surface area contributed by atoms with Crippen molar-refractivity contribution in [2.45, 2.75) is 24.5 Å². The number of carbonyl (C=O) groups excluding carboxylic acids is 1. The Bertz CT molecular complexity index is 902. The van der Waals surface area contributed by atoms with Gasteiger partial charge in [0.05, 0.1) is 22.9 Å². The molecule has 1 saturated heterocycles. The number of benzene rings is 1. The molecule has 0 aliphatic carbocycles. The van der Waals surface area contributed by atoms with Crippen molar-refractivity contribution in [2.75, 3.05) is 23.8 Å². The lowest BCUT2D eigenvalue weighted by Gasteiger charge is -2.26. The molecule has 1 aliphatic heterocycles. The molecule has 140 valence electrons. The van der Waals surface area contributed by atoms with Crippen LogP contribution in [0, 0.1) is 0 Å². The van der Waals surface area contributed by atoms with Crippen LogP contribution >= 0.6 is 23.4 Å². The molecular formula is C15H18ClN5O3S2. The minimum Gasteiger partial charge on any atom is -0.338 e. The van der Waals surface area contributed by atoms with E-state index in [9.17, 15) is 13.2 Å². The minimum absolute atomic E-state index is 0.0392. The van der Waals surface area contributed by atoms with E-state index in [-0.39, 0.29) is 29.2 Å². The van der Waals surface area contributed by atoms with E-state index >= 15 is 0 Å². The molecule has 2 heterocycles. The summed E-state index contributed by atoms with van der Waals surface area (Å²) in [5.74, 6) is 0.185. The number of carbonyl (C=O) groups is 1. The van der Waals surface area contributed by atoms with E-state index in [1.54, 1.807) is 23.1 Å². The van der Waals surface area contributed by atoms with Crippen molar-refractivity contribution < 1.29 is 13.2 Å². The van der Waals surface area contributed by atoms with Gasteiger partial charge in [0.25, 0.3) is 0 Å². The van der Waals surface area contributed by atoms with Crippen molar-refractivity contribution in [3.05, 3.63) is 29.3 Å². The Morgan fingerprint density at radius 1 is 1.46 bits per heavy atom. The van der Waals surface area contributed by atoms with Crippen LogP contribution < -0.4 is 0 Å². The van der Waals surface area contributed by atoms with Gasteiger partial charge in [-0.3, -0.25) is 4.79 Å². The zero-order valence-corrected chi connectivity index (χ0v) is 16.5. The van der Waals surface area contributed by atoms with Gasteiger partial charge in [-0.25, -0.2) is 8.42 Å². The maximum absolute atomic E-state index is 12.6. The lowest BCUT2D eigenvalue weighted by atomic mass is 10.2. The van der Waals surface area contributed by atoms with Gasteiger partial charge >= 0.3 is 0 Å². The van der Waals surface area contributed by atoms with Crippen molar-refractivity contribution in [1.29, 1.82) is 0 Å². The maximum atomic E-state index is 12.6. The average Bonchev–Trinajstić information content (AvgIpc) is 3.20. The number of rotatable bonds is 6. The molecule has 1 aromatic carbocycles. The highest BCUT2D eigenvalue weighted by Crippen LogP contribution is 2.23. The highest BCUT2D eigenvalue weighted by Gasteiger charge is 2.33. The lowest BCUT2D eigenvalue weighted by Crippen LogP contribution is -2.42. The summed E-state index contributed by atoms with van der Waals surface area (Å²) in [6, 6.07) is 6.84. The van der Waals surface area contributed by atoms with Crippen LogP contribution in [0.15, 0.2) is 29.4 Å². The third-order valence-electron chi connectivity index (χ3n) is 4.13. The molecule has 1 aliphatic rings. The summed E-state index contributed by atoms with van der Waals surface area (Å²) in [6.45, 7) is 2.32. The van der Waals surface area contributed by atoms with E-state index in [0.717, 1.165) is 0 Å². The van der Waals surface area contributed by atoms with Crippen LogP contribution in [0.5, 0.6) is 0 Å². The summed E-state index contributed by atoms with van der Waals surface area (Å²) in [4.78, 5) is 14.2. The summed E-state index contributed by atoms with van der Waals surface area (Å²) in [5.41, 5.74) is 0.701. The third-order valence-corrected chi connectivity index (χ3v) is 7.02. The fourth-order valence-electron chi connectivity index (χ4n) is 2.91. The second-order valence-electron chi connectivity index (χ2n) is 5.88. The molecule has 11 heteroatoms. The molecule has 1 amide bonds. The van der Waals surface area contributed by atoms with Gasteiger partial charge in [0.1, 0.15) is 0 Å². The van der Waals surface area contributed by atoms with Crippen LogP contribution in [-0.2, 0) is 14.6 Å². The first-order valence-corrected chi connectivity index (χ1v) is 11.2. The largest absolute Gasteiger partial charge is 0.338 e. The van der Waals surface area contributed by atoms with E-state index in [1.165, 1.54) is 16.4 Å². The number of thioether (sulfide) groups is 1. The van der Waals surface area contributed by atoms with Gasteiger partial charge in [-0.1, -0.05) is 29.4 Å². The third kappa shape index (κ3) is 4.36. The van der Waals surface area contributed by atoms with E-state index in [2.05, 4.69) is 15.5 Å². The normalized spacial score (nSPS) is 18.8. The molecule has 0 radical (unpaired) electrons. The highest BCUT2D eigenvalue weighted by atomic mass is 35.5. The summed E-state index contributed by atoms with van der Waals surface area (Å²) in [6.07, 6.45) is 0.493. The van der Waals surface area contributed by atoms with Gasteiger partial charge in [0, 0.05) is 17.6 Å². The van der Waals surface area contributed by atoms with Crippen molar-refractivity contribution in [3.8, 4) is 5.69 Å². The summed E-state index contributed by atoms with van der Waals surface area (Å²) < 4.78 is 24.9. The Labute approximate surface area is 160 Å². The number of hydrogen-bond donors (Lipinski definition) is 0. The molecule has 0 N–H and O–H groups in total. The molecule has 0 saturated carbocycles. The van der Waals surface area contributed by atoms with Crippen LogP contribution in [0.1, 0.15) is 13.3 Å². The van der Waals surface area contributed by atoms with E-state index in [1.807, 2.05) is 13.0 Å². The Kier molecular flexibility index (Phi) is 5.83. The van der Waals surface area contributed by atoms with E-state index in [4.69, 9.17) is 11.6 Å². The highest BCUT2D eigenvalue weighted by molar-refractivity contribution is 7.99.